The molecule has 2 heteroatoms. The average Bonchev–Trinajstić information content (AvgIpc) is 2.15. The zero-order valence-electron chi connectivity index (χ0n) is 6.57. The summed E-state index contributed by atoms with van der Waals surface area (Å²) in [6.07, 6.45) is 3.41. The molecule has 0 fully saturated rings. The molecule has 60 valence electrons. The van der Waals surface area contributed by atoms with Crippen LogP contribution in [-0.4, -0.2) is 11.7 Å². The molecule has 0 spiro atoms. The van der Waals surface area contributed by atoms with Gasteiger partial charge in [0.1, 0.15) is 0 Å². The minimum atomic E-state index is 0.0246. The van der Waals surface area contributed by atoms with Crippen molar-refractivity contribution in [3.8, 4) is 6.07 Å². The van der Waals surface area contributed by atoms with Gasteiger partial charge in [0.2, 0.25) is 0 Å². The maximum Gasteiger partial charge on any atom is 0.0991 e. The first-order valence-electron chi connectivity index (χ1n) is 3.64. The average molecular weight is 159 g/mol. The van der Waals surface area contributed by atoms with E-state index >= 15 is 0 Å². The molecule has 0 unspecified atom stereocenters. The van der Waals surface area contributed by atoms with E-state index in [2.05, 4.69) is 0 Å². The van der Waals surface area contributed by atoms with Crippen LogP contribution in [0.1, 0.15) is 11.1 Å². The number of aliphatic hydroxyl groups is 1. The fourth-order valence-electron chi connectivity index (χ4n) is 0.901. The van der Waals surface area contributed by atoms with Crippen LogP contribution in [-0.2, 0) is 0 Å². The summed E-state index contributed by atoms with van der Waals surface area (Å²) >= 11 is 0. The Morgan fingerprint density at radius 3 is 3.00 bits per heavy atom. The third-order valence-electron chi connectivity index (χ3n) is 1.43. The van der Waals surface area contributed by atoms with Gasteiger partial charge in [0.15, 0.2) is 0 Å². The largest absolute Gasteiger partial charge is 0.392 e. The number of nitriles is 1. The first-order valence-corrected chi connectivity index (χ1v) is 3.64. The van der Waals surface area contributed by atoms with Gasteiger partial charge in [-0.3, -0.25) is 0 Å². The second-order valence-corrected chi connectivity index (χ2v) is 2.32. The monoisotopic (exact) mass is 159 g/mol. The molecule has 0 heterocycles. The van der Waals surface area contributed by atoms with Gasteiger partial charge < -0.3 is 5.11 Å². The summed E-state index contributed by atoms with van der Waals surface area (Å²) < 4.78 is 0. The Labute approximate surface area is 71.4 Å². The third-order valence-corrected chi connectivity index (χ3v) is 1.43. The molecule has 0 saturated carbocycles. The van der Waals surface area contributed by atoms with E-state index in [0.717, 1.165) is 5.56 Å². The topological polar surface area (TPSA) is 44.0 Å². The molecule has 1 aromatic carbocycles. The van der Waals surface area contributed by atoms with Crippen LogP contribution in [0.15, 0.2) is 30.3 Å². The van der Waals surface area contributed by atoms with E-state index in [0.29, 0.717) is 5.56 Å². The number of benzene rings is 1. The molecule has 0 aliphatic rings. The highest BCUT2D eigenvalue weighted by Gasteiger charge is 1.89. The summed E-state index contributed by atoms with van der Waals surface area (Å²) in [5.41, 5.74) is 1.57. The standard InChI is InChI=1S/C10H9NO/c11-8-10-4-1-3-9(7-10)5-2-6-12/h1-5,7,12H,6H2/b5-2-. The van der Waals surface area contributed by atoms with Crippen molar-refractivity contribution in [1.82, 2.24) is 0 Å². The van der Waals surface area contributed by atoms with E-state index in [-0.39, 0.29) is 6.61 Å². The summed E-state index contributed by atoms with van der Waals surface area (Å²) in [5, 5.41) is 17.1. The van der Waals surface area contributed by atoms with Crippen molar-refractivity contribution >= 4 is 6.08 Å². The normalized spacial score (nSPS) is 10.0. The zero-order valence-corrected chi connectivity index (χ0v) is 6.57. The second kappa shape index (κ2) is 4.32. The molecule has 0 atom stereocenters. The fourth-order valence-corrected chi connectivity index (χ4v) is 0.901. The highest BCUT2D eigenvalue weighted by Crippen LogP contribution is 2.05. The van der Waals surface area contributed by atoms with Crippen molar-refractivity contribution in [1.29, 1.82) is 5.26 Å². The van der Waals surface area contributed by atoms with Gasteiger partial charge in [-0.05, 0) is 17.7 Å². The molecule has 2 nitrogen and oxygen atoms in total. The van der Waals surface area contributed by atoms with Crippen LogP contribution in [0.4, 0.5) is 0 Å². The van der Waals surface area contributed by atoms with E-state index in [4.69, 9.17) is 10.4 Å². The molecule has 0 saturated heterocycles. The van der Waals surface area contributed by atoms with Crippen molar-refractivity contribution in [2.75, 3.05) is 6.61 Å². The molecule has 0 aliphatic carbocycles. The summed E-state index contributed by atoms with van der Waals surface area (Å²) in [6, 6.07) is 9.26. The van der Waals surface area contributed by atoms with Gasteiger partial charge in [-0.25, -0.2) is 0 Å². The molecule has 1 aromatic rings. The molecule has 1 N–H and O–H groups in total. The SMILES string of the molecule is N#Cc1cccc(/C=C\CO)c1. The highest BCUT2D eigenvalue weighted by atomic mass is 16.2. The summed E-state index contributed by atoms with van der Waals surface area (Å²) in [6.45, 7) is 0.0246. The molecule has 12 heavy (non-hydrogen) atoms. The van der Waals surface area contributed by atoms with Gasteiger partial charge in [-0.2, -0.15) is 5.26 Å². The lowest BCUT2D eigenvalue weighted by Crippen LogP contribution is -1.77. The van der Waals surface area contributed by atoms with E-state index in [1.165, 1.54) is 0 Å². The Morgan fingerprint density at radius 2 is 2.33 bits per heavy atom. The van der Waals surface area contributed by atoms with Gasteiger partial charge in [-0.15, -0.1) is 0 Å². The van der Waals surface area contributed by atoms with Gasteiger partial charge in [0, 0.05) is 0 Å². The van der Waals surface area contributed by atoms with Gasteiger partial charge >= 0.3 is 0 Å². The van der Waals surface area contributed by atoms with Crippen LogP contribution in [0.25, 0.3) is 6.08 Å². The number of nitrogens with zero attached hydrogens (tertiary/aromatic N) is 1. The molecule has 0 radical (unpaired) electrons. The van der Waals surface area contributed by atoms with E-state index < -0.39 is 0 Å². The Hall–Kier alpha value is -1.59. The van der Waals surface area contributed by atoms with Crippen molar-refractivity contribution < 1.29 is 5.11 Å². The van der Waals surface area contributed by atoms with E-state index in [9.17, 15) is 0 Å². The Morgan fingerprint density at radius 1 is 1.50 bits per heavy atom. The zero-order chi connectivity index (χ0) is 8.81. The van der Waals surface area contributed by atoms with Crippen LogP contribution in [0.2, 0.25) is 0 Å². The quantitative estimate of drug-likeness (QED) is 0.711. The molecule has 0 aliphatic heterocycles. The number of aliphatic hydroxyl groups excluding tert-OH is 1. The van der Waals surface area contributed by atoms with Crippen molar-refractivity contribution in [3.63, 3.8) is 0 Å². The van der Waals surface area contributed by atoms with Gasteiger partial charge in [-0.1, -0.05) is 24.3 Å². The molecule has 0 amide bonds. The first-order chi connectivity index (χ1) is 5.86. The van der Waals surface area contributed by atoms with Crippen LogP contribution in [0.5, 0.6) is 0 Å². The number of hydrogen-bond acceptors (Lipinski definition) is 2. The smallest absolute Gasteiger partial charge is 0.0991 e. The van der Waals surface area contributed by atoms with Gasteiger partial charge in [0.25, 0.3) is 0 Å². The highest BCUT2D eigenvalue weighted by molar-refractivity contribution is 5.52. The van der Waals surface area contributed by atoms with E-state index in [1.54, 1.807) is 24.3 Å². The Balaban J connectivity index is 2.88. The minimum absolute atomic E-state index is 0.0246. The predicted molar refractivity (Wildman–Crippen MR) is 47.3 cm³/mol. The predicted octanol–water partition coefficient (Wildman–Crippen LogP) is 1.56. The summed E-state index contributed by atoms with van der Waals surface area (Å²) in [4.78, 5) is 0. The lowest BCUT2D eigenvalue weighted by atomic mass is 10.1. The minimum Gasteiger partial charge on any atom is -0.392 e. The summed E-state index contributed by atoms with van der Waals surface area (Å²) in [7, 11) is 0. The number of hydrogen-bond donors (Lipinski definition) is 1. The maximum atomic E-state index is 8.56. The van der Waals surface area contributed by atoms with Crippen LogP contribution in [0, 0.1) is 11.3 Å². The first kappa shape index (κ1) is 8.51. The lowest BCUT2D eigenvalue weighted by molar-refractivity contribution is 0.343. The van der Waals surface area contributed by atoms with Crippen LogP contribution >= 0.6 is 0 Å². The lowest BCUT2D eigenvalue weighted by Gasteiger charge is -1.92. The van der Waals surface area contributed by atoms with Gasteiger partial charge in [0.05, 0.1) is 18.2 Å². The van der Waals surface area contributed by atoms with Crippen molar-refractivity contribution in [3.05, 3.63) is 41.5 Å². The molecule has 0 aromatic heterocycles. The van der Waals surface area contributed by atoms with E-state index in [1.807, 2.05) is 18.2 Å². The molecule has 0 bridgehead atoms. The van der Waals surface area contributed by atoms with Crippen molar-refractivity contribution in [2.24, 2.45) is 0 Å². The second-order valence-electron chi connectivity index (χ2n) is 2.32. The molecule has 1 rings (SSSR count). The number of rotatable bonds is 2. The maximum absolute atomic E-state index is 8.56. The summed E-state index contributed by atoms with van der Waals surface area (Å²) in [5.74, 6) is 0. The third kappa shape index (κ3) is 2.22. The fraction of sp³-hybridized carbons (Fsp3) is 0.100. The van der Waals surface area contributed by atoms with Crippen molar-refractivity contribution in [2.45, 2.75) is 0 Å². The molecular formula is C10H9NO. The Bertz CT molecular complexity index is 323. The molecular weight excluding hydrogens is 150 g/mol. The Kier molecular flexibility index (Phi) is 3.06. The van der Waals surface area contributed by atoms with Crippen LogP contribution in [0.3, 0.4) is 0 Å². The van der Waals surface area contributed by atoms with Crippen LogP contribution < -0.4 is 0 Å².